The van der Waals surface area contributed by atoms with Crippen molar-refractivity contribution in [2.24, 2.45) is 0 Å². The van der Waals surface area contributed by atoms with Crippen LogP contribution in [0.15, 0.2) is 18.2 Å². The van der Waals surface area contributed by atoms with Gasteiger partial charge < -0.3 is 14.6 Å². The topological polar surface area (TPSA) is 47.6 Å². The number of alkyl halides is 2. The van der Waals surface area contributed by atoms with Crippen molar-refractivity contribution in [3.8, 4) is 0 Å². The number of benzene rings is 1. The summed E-state index contributed by atoms with van der Waals surface area (Å²) in [6, 6.07) is 3.26. The first kappa shape index (κ1) is 18.3. The Morgan fingerprint density at radius 1 is 1.16 bits per heavy atom. The summed E-state index contributed by atoms with van der Waals surface area (Å²) in [7, 11) is -0.939. The summed E-state index contributed by atoms with van der Waals surface area (Å²) >= 11 is 0. The van der Waals surface area contributed by atoms with Gasteiger partial charge in [-0.2, -0.15) is 0 Å². The molecule has 2 aliphatic rings. The van der Waals surface area contributed by atoms with E-state index in [2.05, 4.69) is 5.32 Å². The van der Waals surface area contributed by atoms with Gasteiger partial charge >= 0.3 is 7.12 Å². The Kier molecular flexibility index (Phi) is 4.19. The zero-order valence-electron chi connectivity index (χ0n) is 14.7. The maximum Gasteiger partial charge on any atom is 0.497 e. The van der Waals surface area contributed by atoms with E-state index in [4.69, 9.17) is 9.31 Å². The lowest BCUT2D eigenvalue weighted by Gasteiger charge is -2.35. The molecule has 3 rings (SSSR count). The van der Waals surface area contributed by atoms with E-state index in [1.54, 1.807) is 0 Å². The summed E-state index contributed by atoms with van der Waals surface area (Å²) in [6.45, 7) is 7.38. The first-order valence-corrected chi connectivity index (χ1v) is 8.24. The number of nitrogens with one attached hydrogen (secondary N) is 1. The van der Waals surface area contributed by atoms with E-state index in [-0.39, 0.29) is 23.9 Å². The molecule has 0 atom stereocenters. The molecule has 1 aliphatic carbocycles. The minimum Gasteiger partial charge on any atom is -0.399 e. The zero-order valence-corrected chi connectivity index (χ0v) is 14.7. The molecule has 25 heavy (non-hydrogen) atoms. The monoisotopic (exact) mass is 355 g/mol. The van der Waals surface area contributed by atoms with Crippen LogP contribution in [0, 0.1) is 5.82 Å². The fourth-order valence-corrected chi connectivity index (χ4v) is 2.87. The van der Waals surface area contributed by atoms with Crippen LogP contribution in [0.4, 0.5) is 13.2 Å². The molecule has 1 aliphatic heterocycles. The van der Waals surface area contributed by atoms with Gasteiger partial charge in [-0.3, -0.25) is 4.79 Å². The highest BCUT2D eigenvalue weighted by Crippen LogP contribution is 2.38. The standard InChI is InChI=1S/C17H21BF3NO3/c1-15(2)16(3,4)25-18(24-15)12-7-10(5-6-13(12)19)14(23)22-11-8-17(20,21)9-11/h5-7,11H,8-9H2,1-4H3,(H,22,23). The predicted octanol–water partition coefficient (Wildman–Crippen LogP) is 2.65. The molecule has 1 aromatic rings. The van der Waals surface area contributed by atoms with Crippen LogP contribution < -0.4 is 10.8 Å². The van der Waals surface area contributed by atoms with Gasteiger partial charge in [-0.15, -0.1) is 0 Å². The molecule has 1 aromatic carbocycles. The van der Waals surface area contributed by atoms with Crippen molar-refractivity contribution in [3.05, 3.63) is 29.6 Å². The molecular formula is C17H21BF3NO3. The third-order valence-electron chi connectivity index (χ3n) is 5.19. The van der Waals surface area contributed by atoms with Crippen LogP contribution >= 0.6 is 0 Å². The molecular weight excluding hydrogens is 334 g/mol. The molecule has 0 spiro atoms. The summed E-state index contributed by atoms with van der Waals surface area (Å²) in [5.41, 5.74) is -0.980. The maximum absolute atomic E-state index is 14.2. The van der Waals surface area contributed by atoms with Crippen molar-refractivity contribution >= 4 is 18.5 Å². The number of halogens is 3. The average molecular weight is 355 g/mol. The fourth-order valence-electron chi connectivity index (χ4n) is 2.87. The molecule has 0 unspecified atom stereocenters. The lowest BCUT2D eigenvalue weighted by molar-refractivity contribution is -0.0901. The van der Waals surface area contributed by atoms with Crippen molar-refractivity contribution in [2.75, 3.05) is 0 Å². The first-order chi connectivity index (χ1) is 11.4. The number of rotatable bonds is 3. The quantitative estimate of drug-likeness (QED) is 0.849. The van der Waals surface area contributed by atoms with Gasteiger partial charge in [0.2, 0.25) is 0 Å². The van der Waals surface area contributed by atoms with Gasteiger partial charge in [0.05, 0.1) is 11.2 Å². The van der Waals surface area contributed by atoms with Gasteiger partial charge in [0.15, 0.2) is 0 Å². The molecule has 1 N–H and O–H groups in total. The van der Waals surface area contributed by atoms with E-state index in [0.29, 0.717) is 0 Å². The molecule has 1 saturated heterocycles. The minimum absolute atomic E-state index is 0.116. The smallest absolute Gasteiger partial charge is 0.399 e. The Balaban J connectivity index is 1.76. The summed E-state index contributed by atoms with van der Waals surface area (Å²) in [5.74, 6) is -3.78. The molecule has 4 nitrogen and oxygen atoms in total. The zero-order chi connectivity index (χ0) is 18.6. The lowest BCUT2D eigenvalue weighted by Crippen LogP contribution is -2.50. The Hall–Kier alpha value is -1.54. The minimum atomic E-state index is -2.71. The van der Waals surface area contributed by atoms with Crippen LogP contribution in [0.1, 0.15) is 50.9 Å². The number of carbonyl (C=O) groups is 1. The highest BCUT2D eigenvalue weighted by molar-refractivity contribution is 6.62. The second kappa shape index (κ2) is 5.74. The van der Waals surface area contributed by atoms with E-state index in [1.165, 1.54) is 12.1 Å². The van der Waals surface area contributed by atoms with Crippen molar-refractivity contribution < 1.29 is 27.3 Å². The Morgan fingerprint density at radius 3 is 2.24 bits per heavy atom. The van der Waals surface area contributed by atoms with Crippen LogP contribution in [-0.4, -0.2) is 36.2 Å². The largest absolute Gasteiger partial charge is 0.497 e. The van der Waals surface area contributed by atoms with E-state index in [1.807, 2.05) is 27.7 Å². The summed E-state index contributed by atoms with van der Waals surface area (Å²) in [4.78, 5) is 12.2. The van der Waals surface area contributed by atoms with Crippen molar-refractivity contribution in [1.29, 1.82) is 0 Å². The summed E-state index contributed by atoms with van der Waals surface area (Å²) in [6.07, 6.45) is -0.742. The average Bonchev–Trinajstić information content (AvgIpc) is 2.65. The van der Waals surface area contributed by atoms with E-state index in [9.17, 15) is 18.0 Å². The molecule has 1 heterocycles. The molecule has 2 fully saturated rings. The first-order valence-electron chi connectivity index (χ1n) is 8.24. The predicted molar refractivity (Wildman–Crippen MR) is 87.6 cm³/mol. The van der Waals surface area contributed by atoms with Gasteiger partial charge in [0, 0.05) is 29.9 Å². The lowest BCUT2D eigenvalue weighted by atomic mass is 9.77. The summed E-state index contributed by atoms with van der Waals surface area (Å²) in [5, 5.41) is 2.54. The molecule has 1 saturated carbocycles. The number of carbonyl (C=O) groups excluding carboxylic acids is 1. The normalized spacial score (nSPS) is 24.0. The molecule has 8 heteroatoms. The molecule has 1 amide bonds. The Bertz CT molecular complexity index is 684. The van der Waals surface area contributed by atoms with E-state index >= 15 is 0 Å². The van der Waals surface area contributed by atoms with Crippen molar-refractivity contribution in [1.82, 2.24) is 5.32 Å². The molecule has 0 bridgehead atoms. The van der Waals surface area contributed by atoms with Crippen LogP contribution in [0.3, 0.4) is 0 Å². The summed E-state index contributed by atoms with van der Waals surface area (Å²) < 4.78 is 51.6. The Labute approximate surface area is 145 Å². The maximum atomic E-state index is 14.2. The van der Waals surface area contributed by atoms with Gasteiger partial charge in [0.1, 0.15) is 5.82 Å². The van der Waals surface area contributed by atoms with Gasteiger partial charge in [0.25, 0.3) is 11.8 Å². The van der Waals surface area contributed by atoms with Crippen molar-refractivity contribution in [2.45, 2.75) is 63.7 Å². The third-order valence-corrected chi connectivity index (χ3v) is 5.19. The van der Waals surface area contributed by atoms with E-state index in [0.717, 1.165) is 6.07 Å². The van der Waals surface area contributed by atoms with Gasteiger partial charge in [-0.1, -0.05) is 0 Å². The molecule has 0 aromatic heterocycles. The second-order valence-electron chi connectivity index (χ2n) is 7.76. The van der Waals surface area contributed by atoms with E-state index < -0.39 is 42.0 Å². The van der Waals surface area contributed by atoms with Gasteiger partial charge in [-0.05, 0) is 45.9 Å². The van der Waals surface area contributed by atoms with Crippen LogP contribution in [-0.2, 0) is 9.31 Å². The SMILES string of the molecule is CC1(C)OB(c2cc(C(=O)NC3CC(F)(F)C3)ccc2F)OC1(C)C. The number of hydrogen-bond donors (Lipinski definition) is 1. The highest BCUT2D eigenvalue weighted by atomic mass is 19.3. The van der Waals surface area contributed by atoms with Crippen LogP contribution in [0.25, 0.3) is 0 Å². The number of amides is 1. The molecule has 0 radical (unpaired) electrons. The third kappa shape index (κ3) is 3.42. The van der Waals surface area contributed by atoms with Crippen molar-refractivity contribution in [3.63, 3.8) is 0 Å². The second-order valence-corrected chi connectivity index (χ2v) is 7.76. The van der Waals surface area contributed by atoms with Crippen LogP contribution in [0.2, 0.25) is 0 Å². The Morgan fingerprint density at radius 2 is 1.72 bits per heavy atom. The van der Waals surface area contributed by atoms with Gasteiger partial charge in [-0.25, -0.2) is 13.2 Å². The highest BCUT2D eigenvalue weighted by Gasteiger charge is 2.52. The van der Waals surface area contributed by atoms with Crippen LogP contribution in [0.5, 0.6) is 0 Å². The fraction of sp³-hybridized carbons (Fsp3) is 0.588. The number of hydrogen-bond acceptors (Lipinski definition) is 3. The molecule has 136 valence electrons.